The number of pyridine rings is 1. The summed E-state index contributed by atoms with van der Waals surface area (Å²) in [4.78, 5) is 4.76. The average Bonchev–Trinajstić information content (AvgIpc) is 3.05. The molecule has 28 heavy (non-hydrogen) atoms. The van der Waals surface area contributed by atoms with Crippen molar-refractivity contribution in [2.75, 3.05) is 0 Å². The number of nitrogens with zero attached hydrogens (tertiary/aromatic N) is 1. The molecule has 2 nitrogen and oxygen atoms in total. The normalized spacial score (nSPS) is 11.4. The molecule has 0 saturated carbocycles. The lowest BCUT2D eigenvalue weighted by atomic mass is 9.99. The fourth-order valence-corrected chi connectivity index (χ4v) is 3.83. The number of rotatable bonds is 2. The molecule has 5 aromatic rings. The van der Waals surface area contributed by atoms with E-state index in [4.69, 9.17) is 9.40 Å². The standard InChI is InChI=1S/C26H21NO/c1-16-11-21-22-14-20(9-10-25(22)28-26(21)13-17(16)2)24-12-18(3)23(15-27-24)19-7-5-4-6-8-19/h4-15H,1-3H3. The lowest BCUT2D eigenvalue weighted by Gasteiger charge is -2.08. The summed E-state index contributed by atoms with van der Waals surface area (Å²) in [7, 11) is 0. The Morgan fingerprint density at radius 2 is 1.39 bits per heavy atom. The second kappa shape index (κ2) is 6.35. The van der Waals surface area contributed by atoms with E-state index in [1.54, 1.807) is 0 Å². The maximum atomic E-state index is 6.06. The van der Waals surface area contributed by atoms with Crippen molar-refractivity contribution in [3.05, 3.63) is 89.6 Å². The zero-order valence-corrected chi connectivity index (χ0v) is 16.3. The van der Waals surface area contributed by atoms with Gasteiger partial charge in [0.05, 0.1) is 5.69 Å². The summed E-state index contributed by atoms with van der Waals surface area (Å²) >= 11 is 0. The zero-order valence-electron chi connectivity index (χ0n) is 16.3. The third kappa shape index (κ3) is 2.69. The van der Waals surface area contributed by atoms with Crippen molar-refractivity contribution in [2.45, 2.75) is 20.8 Å². The van der Waals surface area contributed by atoms with Gasteiger partial charge in [-0.15, -0.1) is 0 Å². The molecule has 0 fully saturated rings. The number of benzene rings is 3. The summed E-state index contributed by atoms with van der Waals surface area (Å²) in [6.45, 7) is 6.41. The van der Waals surface area contributed by atoms with Crippen molar-refractivity contribution in [1.82, 2.24) is 4.98 Å². The fourth-order valence-electron chi connectivity index (χ4n) is 3.83. The third-order valence-electron chi connectivity index (χ3n) is 5.58. The van der Waals surface area contributed by atoms with Crippen LogP contribution < -0.4 is 0 Å². The van der Waals surface area contributed by atoms with Crippen LogP contribution in [0.1, 0.15) is 16.7 Å². The van der Waals surface area contributed by atoms with E-state index in [1.165, 1.54) is 27.8 Å². The zero-order chi connectivity index (χ0) is 19.3. The lowest BCUT2D eigenvalue weighted by molar-refractivity contribution is 0.668. The molecular formula is C26H21NO. The molecule has 0 amide bonds. The van der Waals surface area contributed by atoms with Crippen LogP contribution in [0, 0.1) is 20.8 Å². The molecular weight excluding hydrogens is 342 g/mol. The topological polar surface area (TPSA) is 26.0 Å². The van der Waals surface area contributed by atoms with Crippen LogP contribution >= 0.6 is 0 Å². The van der Waals surface area contributed by atoms with Gasteiger partial charge in [-0.05, 0) is 79.4 Å². The number of fused-ring (bicyclic) bond motifs is 3. The van der Waals surface area contributed by atoms with E-state index in [9.17, 15) is 0 Å². The molecule has 3 aromatic carbocycles. The molecule has 136 valence electrons. The Kier molecular flexibility index (Phi) is 3.80. The monoisotopic (exact) mass is 363 g/mol. The van der Waals surface area contributed by atoms with Crippen LogP contribution in [0.4, 0.5) is 0 Å². The molecule has 0 bridgehead atoms. The molecule has 0 saturated heterocycles. The van der Waals surface area contributed by atoms with Crippen molar-refractivity contribution in [1.29, 1.82) is 0 Å². The number of aryl methyl sites for hydroxylation is 3. The molecule has 0 aliphatic carbocycles. The molecule has 5 rings (SSSR count). The average molecular weight is 363 g/mol. The van der Waals surface area contributed by atoms with Crippen LogP contribution in [0.5, 0.6) is 0 Å². The summed E-state index contributed by atoms with van der Waals surface area (Å²) in [6, 6.07) is 23.3. The van der Waals surface area contributed by atoms with Crippen LogP contribution in [0.15, 0.2) is 77.3 Å². The van der Waals surface area contributed by atoms with E-state index in [-0.39, 0.29) is 0 Å². The SMILES string of the molecule is Cc1cc2oc3ccc(-c4cc(C)c(-c5ccccc5)cn4)cc3c2cc1C. The van der Waals surface area contributed by atoms with Gasteiger partial charge in [0.1, 0.15) is 11.2 Å². The van der Waals surface area contributed by atoms with E-state index in [1.807, 2.05) is 12.3 Å². The Hall–Kier alpha value is -3.39. The second-order valence-electron chi connectivity index (χ2n) is 7.50. The lowest BCUT2D eigenvalue weighted by Crippen LogP contribution is -1.89. The van der Waals surface area contributed by atoms with E-state index < -0.39 is 0 Å². The molecule has 0 unspecified atom stereocenters. The van der Waals surface area contributed by atoms with Crippen molar-refractivity contribution < 1.29 is 4.42 Å². The van der Waals surface area contributed by atoms with Crippen molar-refractivity contribution >= 4 is 21.9 Å². The Labute approximate surface area is 164 Å². The first-order chi connectivity index (χ1) is 13.6. The van der Waals surface area contributed by atoms with Crippen LogP contribution in [0.3, 0.4) is 0 Å². The molecule has 0 atom stereocenters. The Morgan fingerprint density at radius 3 is 2.18 bits per heavy atom. The minimum absolute atomic E-state index is 0.918. The highest BCUT2D eigenvalue weighted by molar-refractivity contribution is 6.06. The number of aromatic nitrogens is 1. The van der Waals surface area contributed by atoms with Crippen LogP contribution in [-0.4, -0.2) is 4.98 Å². The highest BCUT2D eigenvalue weighted by atomic mass is 16.3. The van der Waals surface area contributed by atoms with Crippen LogP contribution in [0.25, 0.3) is 44.3 Å². The quantitative estimate of drug-likeness (QED) is 0.330. The minimum atomic E-state index is 0.918. The summed E-state index contributed by atoms with van der Waals surface area (Å²) in [5.74, 6) is 0. The predicted octanol–water partition coefficient (Wildman–Crippen LogP) is 7.24. The van der Waals surface area contributed by atoms with Crippen molar-refractivity contribution in [2.24, 2.45) is 0 Å². The Bertz CT molecular complexity index is 1330. The summed E-state index contributed by atoms with van der Waals surface area (Å²) in [6.07, 6.45) is 1.98. The first kappa shape index (κ1) is 16.8. The van der Waals surface area contributed by atoms with Crippen LogP contribution in [0.2, 0.25) is 0 Å². The van der Waals surface area contributed by atoms with Gasteiger partial charge in [0.15, 0.2) is 0 Å². The maximum Gasteiger partial charge on any atom is 0.135 e. The van der Waals surface area contributed by atoms with E-state index in [2.05, 4.69) is 81.4 Å². The van der Waals surface area contributed by atoms with Gasteiger partial charge >= 0.3 is 0 Å². The van der Waals surface area contributed by atoms with E-state index in [0.717, 1.165) is 33.2 Å². The van der Waals surface area contributed by atoms with Crippen molar-refractivity contribution in [3.63, 3.8) is 0 Å². The molecule has 2 aromatic heterocycles. The minimum Gasteiger partial charge on any atom is -0.456 e. The van der Waals surface area contributed by atoms with Crippen molar-refractivity contribution in [3.8, 4) is 22.4 Å². The van der Waals surface area contributed by atoms with Gasteiger partial charge in [-0.2, -0.15) is 0 Å². The van der Waals surface area contributed by atoms with Gasteiger partial charge in [0.2, 0.25) is 0 Å². The number of hydrogen-bond donors (Lipinski definition) is 0. The number of furan rings is 1. The summed E-state index contributed by atoms with van der Waals surface area (Å²) in [5, 5.41) is 2.31. The van der Waals surface area contributed by atoms with Gasteiger partial charge < -0.3 is 4.42 Å². The van der Waals surface area contributed by atoms with E-state index in [0.29, 0.717) is 0 Å². The highest BCUT2D eigenvalue weighted by Gasteiger charge is 2.11. The number of hydrogen-bond acceptors (Lipinski definition) is 2. The summed E-state index contributed by atoms with van der Waals surface area (Å²) < 4.78 is 6.06. The highest BCUT2D eigenvalue weighted by Crippen LogP contribution is 2.34. The second-order valence-corrected chi connectivity index (χ2v) is 7.50. The van der Waals surface area contributed by atoms with Gasteiger partial charge in [-0.3, -0.25) is 4.98 Å². The van der Waals surface area contributed by atoms with Gasteiger partial charge in [0, 0.05) is 28.1 Å². The fraction of sp³-hybridized carbons (Fsp3) is 0.115. The van der Waals surface area contributed by atoms with Gasteiger partial charge in [0.25, 0.3) is 0 Å². The molecule has 2 heteroatoms. The van der Waals surface area contributed by atoms with E-state index >= 15 is 0 Å². The molecule has 0 aliphatic heterocycles. The Morgan fingerprint density at radius 1 is 0.643 bits per heavy atom. The molecule has 0 N–H and O–H groups in total. The predicted molar refractivity (Wildman–Crippen MR) is 117 cm³/mol. The maximum absolute atomic E-state index is 6.06. The molecule has 0 spiro atoms. The first-order valence-corrected chi connectivity index (χ1v) is 9.56. The van der Waals surface area contributed by atoms with Gasteiger partial charge in [-0.1, -0.05) is 30.3 Å². The van der Waals surface area contributed by atoms with Crippen LogP contribution in [-0.2, 0) is 0 Å². The summed E-state index contributed by atoms with van der Waals surface area (Å²) in [5.41, 5.74) is 10.1. The molecule has 2 heterocycles. The molecule has 0 radical (unpaired) electrons. The van der Waals surface area contributed by atoms with Gasteiger partial charge in [-0.25, -0.2) is 0 Å². The smallest absolute Gasteiger partial charge is 0.135 e. The first-order valence-electron chi connectivity index (χ1n) is 9.56. The largest absolute Gasteiger partial charge is 0.456 e. The Balaban J connectivity index is 1.64. The third-order valence-corrected chi connectivity index (χ3v) is 5.58. The molecule has 0 aliphatic rings.